The van der Waals surface area contributed by atoms with Gasteiger partial charge in [-0.05, 0) is 26.3 Å². The molecule has 2 heteroatoms. The lowest BCUT2D eigenvalue weighted by atomic mass is 10.1. The summed E-state index contributed by atoms with van der Waals surface area (Å²) in [5, 5.41) is 0. The molecular weight excluding hydrogens is 200 g/mol. The first-order valence-corrected chi connectivity index (χ1v) is 5.63. The molecule has 0 amide bonds. The highest BCUT2D eigenvalue weighted by molar-refractivity contribution is 5.84. The predicted octanol–water partition coefficient (Wildman–Crippen LogP) is 3.69. The fraction of sp³-hybridized carbons (Fsp3) is 0.500. The molecule has 0 saturated carbocycles. The molecule has 2 nitrogen and oxygen atoms in total. The third kappa shape index (κ3) is 7.18. The quantitative estimate of drug-likeness (QED) is 0.643. The maximum Gasteiger partial charge on any atom is 0.163 e. The Morgan fingerprint density at radius 3 is 2.00 bits per heavy atom. The summed E-state index contributed by atoms with van der Waals surface area (Å²) < 4.78 is 5.48. The molecule has 1 unspecified atom stereocenters. The molecule has 0 fully saturated rings. The average molecular weight is 224 g/mol. The molecule has 0 N–H and O–H groups in total. The second-order valence-corrected chi connectivity index (χ2v) is 3.28. The normalized spacial score (nSPS) is 12.5. The van der Waals surface area contributed by atoms with Crippen LogP contribution in [0, 0.1) is 0 Å². The zero-order valence-corrected chi connectivity index (χ0v) is 11.1. The van der Waals surface area contributed by atoms with E-state index in [-0.39, 0.29) is 11.9 Å². The van der Waals surface area contributed by atoms with E-state index in [1.165, 1.54) is 6.92 Å². The van der Waals surface area contributed by atoms with Crippen LogP contribution in [0.2, 0.25) is 0 Å². The van der Waals surface area contributed by atoms with Crippen molar-refractivity contribution in [2.75, 3.05) is 0 Å². The molecule has 0 aliphatic heterocycles. The van der Waals surface area contributed by atoms with Crippen LogP contribution in [0.25, 0.3) is 0 Å². The van der Waals surface area contributed by atoms with E-state index >= 15 is 0 Å². The van der Waals surface area contributed by atoms with Gasteiger partial charge < -0.3 is 4.74 Å². The van der Waals surface area contributed by atoms with Crippen LogP contribution in [0.1, 0.15) is 34.6 Å². The lowest BCUT2D eigenvalue weighted by molar-refractivity contribution is -0.128. The number of ether oxygens (including phenoxy) is 1. The minimum atomic E-state index is -0.523. The van der Waals surface area contributed by atoms with Crippen LogP contribution < -0.4 is 0 Å². The molecule has 0 saturated heterocycles. The van der Waals surface area contributed by atoms with Crippen LogP contribution in [0.15, 0.2) is 37.0 Å². The molecule has 0 bridgehead atoms. The Kier molecular flexibility index (Phi) is 11.2. The summed E-state index contributed by atoms with van der Waals surface area (Å²) in [5.74, 6) is -0.0216. The smallest absolute Gasteiger partial charge is 0.163 e. The Balaban J connectivity index is 0. The molecule has 0 aromatic rings. The number of rotatable bonds is 6. The van der Waals surface area contributed by atoms with E-state index in [0.717, 1.165) is 5.57 Å². The van der Waals surface area contributed by atoms with Crippen LogP contribution in [0.4, 0.5) is 0 Å². The minimum Gasteiger partial charge on any atom is -0.363 e. The maximum absolute atomic E-state index is 11.3. The zero-order valence-electron chi connectivity index (χ0n) is 11.1. The van der Waals surface area contributed by atoms with Crippen LogP contribution in [0.3, 0.4) is 0 Å². The van der Waals surface area contributed by atoms with Gasteiger partial charge in [0.25, 0.3) is 0 Å². The van der Waals surface area contributed by atoms with Crippen LogP contribution in [-0.2, 0) is 9.53 Å². The third-order valence-electron chi connectivity index (χ3n) is 1.63. The summed E-state index contributed by atoms with van der Waals surface area (Å²) in [4.78, 5) is 11.3. The number of carbonyl (C=O) groups excluding carboxylic acids is 1. The van der Waals surface area contributed by atoms with Crippen molar-refractivity contribution in [1.29, 1.82) is 0 Å². The molecule has 0 radical (unpaired) electrons. The molecule has 0 heterocycles. The minimum absolute atomic E-state index is 0.0112. The van der Waals surface area contributed by atoms with Gasteiger partial charge in [0.1, 0.15) is 6.10 Å². The average Bonchev–Trinajstić information content (AvgIpc) is 2.25. The van der Waals surface area contributed by atoms with Crippen molar-refractivity contribution in [3.05, 3.63) is 37.0 Å². The molecule has 0 rings (SSSR count). The van der Waals surface area contributed by atoms with Gasteiger partial charge in [-0.2, -0.15) is 0 Å². The molecular formula is C14H24O2. The fourth-order valence-electron chi connectivity index (χ4n) is 1.08. The van der Waals surface area contributed by atoms with Crippen molar-refractivity contribution in [3.8, 4) is 0 Å². The summed E-state index contributed by atoms with van der Waals surface area (Å²) >= 11 is 0. The summed E-state index contributed by atoms with van der Waals surface area (Å²) in [6.07, 6.45) is 4.47. The summed E-state index contributed by atoms with van der Waals surface area (Å²) in [5.41, 5.74) is 0.751. The van der Waals surface area contributed by atoms with Gasteiger partial charge in [-0.3, -0.25) is 4.79 Å². The Morgan fingerprint density at radius 1 is 1.25 bits per heavy atom. The van der Waals surface area contributed by atoms with Crippen molar-refractivity contribution >= 4 is 5.78 Å². The molecule has 0 aromatic heterocycles. The first-order valence-electron chi connectivity index (χ1n) is 5.63. The van der Waals surface area contributed by atoms with E-state index < -0.39 is 6.10 Å². The monoisotopic (exact) mass is 224 g/mol. The zero-order chi connectivity index (χ0) is 13.1. The fourth-order valence-corrected chi connectivity index (χ4v) is 1.08. The first kappa shape index (κ1) is 17.3. The maximum atomic E-state index is 11.3. The second-order valence-electron chi connectivity index (χ2n) is 3.28. The summed E-state index contributed by atoms with van der Waals surface area (Å²) in [7, 11) is 0. The van der Waals surface area contributed by atoms with Crippen molar-refractivity contribution in [1.82, 2.24) is 0 Å². The highest BCUT2D eigenvalue weighted by atomic mass is 16.5. The third-order valence-corrected chi connectivity index (χ3v) is 1.63. The molecule has 0 spiro atoms. The second kappa shape index (κ2) is 10.4. The van der Waals surface area contributed by atoms with Gasteiger partial charge in [-0.25, -0.2) is 0 Å². The number of Topliss-reactive ketones (excluding diaryl/α,β-unsaturated/α-hetero) is 1. The van der Waals surface area contributed by atoms with Crippen LogP contribution in [0.5, 0.6) is 0 Å². The van der Waals surface area contributed by atoms with E-state index in [4.69, 9.17) is 4.74 Å². The van der Waals surface area contributed by atoms with Crippen LogP contribution in [-0.4, -0.2) is 18.0 Å². The summed E-state index contributed by atoms with van der Waals surface area (Å²) in [6, 6.07) is 0. The van der Waals surface area contributed by atoms with Gasteiger partial charge in [-0.1, -0.05) is 45.2 Å². The topological polar surface area (TPSA) is 26.3 Å². The van der Waals surface area contributed by atoms with Crippen molar-refractivity contribution < 1.29 is 9.53 Å². The van der Waals surface area contributed by atoms with E-state index in [0.29, 0.717) is 0 Å². The van der Waals surface area contributed by atoms with Crippen molar-refractivity contribution in [2.24, 2.45) is 0 Å². The first-order chi connectivity index (χ1) is 7.52. The van der Waals surface area contributed by atoms with Gasteiger partial charge in [0.05, 0.1) is 6.10 Å². The SMILES string of the molecule is C=C/C=C(\C=C)C(OC(C)C)C(C)=O.CC. The molecule has 0 aromatic carbocycles. The number of ketones is 1. The molecule has 0 aliphatic carbocycles. The van der Waals surface area contributed by atoms with Crippen molar-refractivity contribution in [3.63, 3.8) is 0 Å². The van der Waals surface area contributed by atoms with E-state index in [1.54, 1.807) is 18.2 Å². The molecule has 92 valence electrons. The number of hydrogen-bond acceptors (Lipinski definition) is 2. The van der Waals surface area contributed by atoms with E-state index in [1.807, 2.05) is 27.7 Å². The largest absolute Gasteiger partial charge is 0.363 e. The Hall–Kier alpha value is -1.15. The Bertz CT molecular complexity index is 249. The lowest BCUT2D eigenvalue weighted by Gasteiger charge is -2.18. The molecule has 16 heavy (non-hydrogen) atoms. The standard InChI is InChI=1S/C12H18O2.C2H6/c1-6-8-11(7-2)12(10(5)13)14-9(3)4;1-2/h6-9,12H,1-2H2,3-5H3;1-2H3/b11-8+;. The van der Waals surface area contributed by atoms with Crippen LogP contribution >= 0.6 is 0 Å². The summed E-state index contributed by atoms with van der Waals surface area (Å²) in [6.45, 7) is 16.5. The number of allylic oxidation sites excluding steroid dienone is 2. The highest BCUT2D eigenvalue weighted by Crippen LogP contribution is 2.12. The van der Waals surface area contributed by atoms with Gasteiger partial charge in [0, 0.05) is 0 Å². The lowest BCUT2D eigenvalue weighted by Crippen LogP contribution is -2.26. The van der Waals surface area contributed by atoms with E-state index in [2.05, 4.69) is 13.2 Å². The van der Waals surface area contributed by atoms with Gasteiger partial charge in [0.2, 0.25) is 0 Å². The number of hydrogen-bond donors (Lipinski definition) is 0. The number of carbonyl (C=O) groups is 1. The Morgan fingerprint density at radius 2 is 1.75 bits per heavy atom. The molecule has 0 aliphatic rings. The molecule has 1 atom stereocenters. The van der Waals surface area contributed by atoms with Gasteiger partial charge in [-0.15, -0.1) is 0 Å². The van der Waals surface area contributed by atoms with Gasteiger partial charge >= 0.3 is 0 Å². The van der Waals surface area contributed by atoms with Gasteiger partial charge in [0.15, 0.2) is 5.78 Å². The van der Waals surface area contributed by atoms with E-state index in [9.17, 15) is 4.79 Å². The highest BCUT2D eigenvalue weighted by Gasteiger charge is 2.18. The predicted molar refractivity (Wildman–Crippen MR) is 70.5 cm³/mol. The van der Waals surface area contributed by atoms with Crippen molar-refractivity contribution in [2.45, 2.75) is 46.8 Å². The Labute approximate surface area is 99.7 Å².